The zero-order valence-electron chi connectivity index (χ0n) is 13.9. The molecule has 1 fully saturated rings. The van der Waals surface area contributed by atoms with Gasteiger partial charge in [-0.05, 0) is 19.9 Å². The lowest BCUT2D eigenvalue weighted by Gasteiger charge is -2.39. The summed E-state index contributed by atoms with van der Waals surface area (Å²) in [6, 6.07) is 3.64. The molecular weight excluding hydrogens is 251 g/mol. The highest BCUT2D eigenvalue weighted by Gasteiger charge is 2.39. The van der Waals surface area contributed by atoms with E-state index in [1.54, 1.807) is 12.3 Å². The van der Waals surface area contributed by atoms with Gasteiger partial charge in [0.05, 0.1) is 5.60 Å². The van der Waals surface area contributed by atoms with Gasteiger partial charge in [-0.1, -0.05) is 40.7 Å². The number of hydrogen-bond acceptors (Lipinski definition) is 4. The first-order valence-electron chi connectivity index (χ1n) is 7.50. The van der Waals surface area contributed by atoms with Crippen molar-refractivity contribution in [3.8, 4) is 0 Å². The molecule has 2 rings (SSSR count). The summed E-state index contributed by atoms with van der Waals surface area (Å²) in [4.78, 5) is 4.04. The van der Waals surface area contributed by atoms with Crippen LogP contribution in [0.4, 0.5) is 5.82 Å². The Morgan fingerprint density at radius 3 is 2.30 bits per heavy atom. The van der Waals surface area contributed by atoms with Gasteiger partial charge < -0.3 is 15.0 Å². The van der Waals surface area contributed by atoms with Crippen molar-refractivity contribution in [2.75, 3.05) is 12.3 Å². The molecule has 1 aromatic rings. The Morgan fingerprint density at radius 1 is 1.25 bits per heavy atom. The molecule has 1 unspecified atom stereocenters. The van der Waals surface area contributed by atoms with E-state index in [9.17, 15) is 0 Å². The van der Waals surface area contributed by atoms with Gasteiger partial charge in [0.2, 0.25) is 0 Å². The molecule has 2 heterocycles. The predicted molar refractivity (Wildman–Crippen MR) is 87.0 cm³/mol. The number of nitrogens with two attached hydrogens (primary N) is 1. The molecule has 0 saturated carbocycles. The number of nitrogens with zero attached hydrogens (tertiary/aromatic N) is 1. The number of anilines is 1. The van der Waals surface area contributed by atoms with E-state index in [0.29, 0.717) is 18.3 Å². The van der Waals surface area contributed by atoms with Crippen LogP contribution < -0.4 is 11.2 Å². The second-order valence-corrected chi connectivity index (χ2v) is 4.80. The fourth-order valence-electron chi connectivity index (χ4n) is 1.58. The molecule has 0 aromatic carbocycles. The molecule has 1 aromatic heterocycles. The van der Waals surface area contributed by atoms with Crippen LogP contribution in [0.1, 0.15) is 48.5 Å². The summed E-state index contributed by atoms with van der Waals surface area (Å²) in [5.41, 5.74) is 6.27. The summed E-state index contributed by atoms with van der Waals surface area (Å²) in [5.74, 6) is 0.887. The van der Waals surface area contributed by atoms with Gasteiger partial charge in [0.15, 0.2) is 0 Å². The van der Waals surface area contributed by atoms with Gasteiger partial charge in [-0.3, -0.25) is 0 Å². The highest BCUT2D eigenvalue weighted by Crippen LogP contribution is 2.26. The van der Waals surface area contributed by atoms with Crippen LogP contribution in [-0.4, -0.2) is 24.3 Å². The van der Waals surface area contributed by atoms with Gasteiger partial charge in [0, 0.05) is 24.2 Å². The minimum absolute atomic E-state index is 0.176. The first kappa shape index (κ1) is 18.9. The standard InChI is InChI=1S/C11H17BN2O2.2C2H6/c1-8-7-15-12(16-11(8,2)3)9-4-5-10(13)14-6-9;2*1-2/h4-6,8H,7H2,1-3H3,(H2,13,14);2*1-2H3. The number of rotatable bonds is 1. The molecule has 20 heavy (non-hydrogen) atoms. The molecule has 4 nitrogen and oxygen atoms in total. The van der Waals surface area contributed by atoms with Crippen LogP contribution in [0.2, 0.25) is 0 Å². The largest absolute Gasteiger partial charge is 0.495 e. The third-order valence-electron chi connectivity index (χ3n) is 3.18. The molecule has 5 heteroatoms. The number of nitrogen functional groups attached to an aromatic ring is 1. The van der Waals surface area contributed by atoms with Crippen molar-refractivity contribution >= 4 is 18.4 Å². The number of pyridine rings is 1. The normalized spacial score (nSPS) is 20.1. The van der Waals surface area contributed by atoms with E-state index in [1.165, 1.54) is 0 Å². The average Bonchev–Trinajstić information content (AvgIpc) is 2.47. The van der Waals surface area contributed by atoms with Crippen molar-refractivity contribution in [1.82, 2.24) is 4.98 Å². The molecule has 1 aliphatic heterocycles. The zero-order valence-corrected chi connectivity index (χ0v) is 13.9. The van der Waals surface area contributed by atoms with Crippen LogP contribution in [0.25, 0.3) is 0 Å². The van der Waals surface area contributed by atoms with Crippen LogP contribution in [0, 0.1) is 5.92 Å². The SMILES string of the molecule is CC.CC.CC1COB(c2ccc(N)nc2)OC1(C)C. The molecule has 1 saturated heterocycles. The lowest BCUT2D eigenvalue weighted by molar-refractivity contribution is -0.0367. The van der Waals surface area contributed by atoms with E-state index in [4.69, 9.17) is 15.0 Å². The Kier molecular flexibility index (Phi) is 8.50. The number of aromatic nitrogens is 1. The molecule has 1 aliphatic rings. The fourth-order valence-corrected chi connectivity index (χ4v) is 1.58. The lowest BCUT2D eigenvalue weighted by atomic mass is 9.75. The summed E-state index contributed by atoms with van der Waals surface area (Å²) in [5, 5.41) is 0. The van der Waals surface area contributed by atoms with Crippen molar-refractivity contribution in [1.29, 1.82) is 0 Å². The van der Waals surface area contributed by atoms with E-state index in [2.05, 4.69) is 25.8 Å². The smallest absolute Gasteiger partial charge is 0.407 e. The molecule has 2 N–H and O–H groups in total. The van der Waals surface area contributed by atoms with E-state index >= 15 is 0 Å². The second-order valence-electron chi connectivity index (χ2n) is 4.80. The van der Waals surface area contributed by atoms with Gasteiger partial charge in [0.25, 0.3) is 0 Å². The van der Waals surface area contributed by atoms with Gasteiger partial charge in [-0.2, -0.15) is 0 Å². The first-order valence-corrected chi connectivity index (χ1v) is 7.50. The Morgan fingerprint density at radius 2 is 1.85 bits per heavy atom. The maximum absolute atomic E-state index is 5.91. The van der Waals surface area contributed by atoms with Gasteiger partial charge in [-0.15, -0.1) is 0 Å². The minimum atomic E-state index is -0.334. The summed E-state index contributed by atoms with van der Waals surface area (Å²) < 4.78 is 11.6. The quantitative estimate of drug-likeness (QED) is 0.804. The predicted octanol–water partition coefficient (Wildman–Crippen LogP) is 2.87. The molecule has 1 atom stereocenters. The molecular formula is C15H29BN2O2. The van der Waals surface area contributed by atoms with E-state index in [1.807, 2.05) is 33.8 Å². The van der Waals surface area contributed by atoms with Crippen LogP contribution in [0.3, 0.4) is 0 Å². The van der Waals surface area contributed by atoms with E-state index < -0.39 is 0 Å². The van der Waals surface area contributed by atoms with Crippen molar-refractivity contribution in [2.45, 2.75) is 54.1 Å². The highest BCUT2D eigenvalue weighted by molar-refractivity contribution is 6.61. The third kappa shape index (κ3) is 5.14. The molecule has 0 amide bonds. The maximum Gasteiger partial charge on any atom is 0.495 e. The average molecular weight is 280 g/mol. The molecule has 0 aliphatic carbocycles. The fraction of sp³-hybridized carbons (Fsp3) is 0.667. The topological polar surface area (TPSA) is 57.4 Å². The van der Waals surface area contributed by atoms with Gasteiger partial charge in [-0.25, -0.2) is 4.98 Å². The summed E-state index contributed by atoms with van der Waals surface area (Å²) >= 11 is 0. The van der Waals surface area contributed by atoms with Crippen LogP contribution in [0.15, 0.2) is 18.3 Å². The van der Waals surface area contributed by atoms with E-state index in [-0.39, 0.29) is 12.7 Å². The summed E-state index contributed by atoms with van der Waals surface area (Å²) in [6.45, 7) is 15.0. The second kappa shape index (κ2) is 8.98. The Balaban J connectivity index is 0.000000829. The van der Waals surface area contributed by atoms with Gasteiger partial charge in [0.1, 0.15) is 5.82 Å². The van der Waals surface area contributed by atoms with Crippen molar-refractivity contribution in [3.63, 3.8) is 0 Å². The van der Waals surface area contributed by atoms with Crippen LogP contribution in [0.5, 0.6) is 0 Å². The lowest BCUT2D eigenvalue weighted by Crippen LogP contribution is -2.53. The van der Waals surface area contributed by atoms with Crippen LogP contribution >= 0.6 is 0 Å². The van der Waals surface area contributed by atoms with Crippen molar-refractivity contribution < 1.29 is 9.31 Å². The maximum atomic E-state index is 5.91. The van der Waals surface area contributed by atoms with E-state index in [0.717, 1.165) is 5.46 Å². The summed E-state index contributed by atoms with van der Waals surface area (Å²) in [6.07, 6.45) is 1.70. The molecule has 0 bridgehead atoms. The van der Waals surface area contributed by atoms with Crippen molar-refractivity contribution in [3.05, 3.63) is 18.3 Å². The minimum Gasteiger partial charge on any atom is -0.407 e. The third-order valence-corrected chi connectivity index (χ3v) is 3.18. The number of hydrogen-bond donors (Lipinski definition) is 1. The molecule has 0 radical (unpaired) electrons. The highest BCUT2D eigenvalue weighted by atomic mass is 16.6. The Bertz CT molecular complexity index is 369. The summed E-state index contributed by atoms with van der Waals surface area (Å²) in [7, 11) is -0.334. The Labute approximate surface area is 124 Å². The van der Waals surface area contributed by atoms with Gasteiger partial charge >= 0.3 is 7.12 Å². The molecule has 0 spiro atoms. The first-order chi connectivity index (χ1) is 9.49. The molecule has 114 valence electrons. The zero-order chi connectivity index (χ0) is 15.8. The Hall–Kier alpha value is -1.07. The van der Waals surface area contributed by atoms with Crippen LogP contribution in [-0.2, 0) is 9.31 Å². The monoisotopic (exact) mass is 280 g/mol. The van der Waals surface area contributed by atoms with Crippen molar-refractivity contribution in [2.24, 2.45) is 5.92 Å².